The monoisotopic (exact) mass is 897 g/mol. The fourth-order valence-corrected chi connectivity index (χ4v) is 8.73. The van der Waals surface area contributed by atoms with Gasteiger partial charge in [-0.05, 0) is 102 Å². The molecule has 2 heterocycles. The Morgan fingerprint density at radius 3 is 2.13 bits per heavy atom. The molecule has 7 aromatic rings. The number of para-hydroxylation sites is 2. The Hall–Kier alpha value is -7.34. The molecule has 9 rings (SSSR count). The van der Waals surface area contributed by atoms with Crippen molar-refractivity contribution in [3.8, 4) is 22.6 Å². The lowest BCUT2D eigenvalue weighted by Gasteiger charge is -2.20. The quantitative estimate of drug-likeness (QED) is 0.0465. The Bertz CT molecular complexity index is 3010. The minimum atomic E-state index is -0.919. The molecule has 2 aromatic heterocycles. The van der Waals surface area contributed by atoms with Crippen molar-refractivity contribution < 1.29 is 38.1 Å². The number of furan rings is 2. The SMILES string of the molecule is CC(CNCC1=CC(c2cc(/C=C/C3CC3)c3occ(COc4ccccc4CC(=O)O)c3c2)CC=C1)Nc1cc(-c2cccc(CN)c2)cc2c(COc3ccccc3CC(=O)O)coc12. The van der Waals surface area contributed by atoms with Gasteiger partial charge in [-0.25, -0.2) is 0 Å². The number of rotatable bonds is 21. The number of benzene rings is 5. The average Bonchev–Trinajstić information content (AvgIpc) is 3.93. The average molecular weight is 898 g/mol. The summed E-state index contributed by atoms with van der Waals surface area (Å²) in [6, 6.07) is 31.4. The van der Waals surface area contributed by atoms with Crippen LogP contribution in [-0.4, -0.2) is 41.3 Å². The van der Waals surface area contributed by atoms with Crippen LogP contribution in [0.1, 0.15) is 71.0 Å². The van der Waals surface area contributed by atoms with Crippen molar-refractivity contribution in [2.45, 2.75) is 70.7 Å². The summed E-state index contributed by atoms with van der Waals surface area (Å²) in [5.41, 5.74) is 17.9. The van der Waals surface area contributed by atoms with Gasteiger partial charge in [-0.15, -0.1) is 0 Å². The number of fused-ring (bicyclic) bond motifs is 2. The van der Waals surface area contributed by atoms with Gasteiger partial charge in [0, 0.05) is 70.2 Å². The molecule has 11 nitrogen and oxygen atoms in total. The molecular weight excluding hydrogens is 843 g/mol. The van der Waals surface area contributed by atoms with E-state index in [4.69, 9.17) is 24.0 Å². The van der Waals surface area contributed by atoms with Gasteiger partial charge in [0.2, 0.25) is 0 Å². The molecule has 0 amide bonds. The molecule has 6 N–H and O–H groups in total. The zero-order valence-corrected chi connectivity index (χ0v) is 37.5. The van der Waals surface area contributed by atoms with Crippen molar-refractivity contribution in [3.05, 3.63) is 178 Å². The largest absolute Gasteiger partial charge is 0.488 e. The van der Waals surface area contributed by atoms with Crippen LogP contribution in [-0.2, 0) is 42.2 Å². The van der Waals surface area contributed by atoms with E-state index in [1.807, 2.05) is 42.5 Å². The van der Waals surface area contributed by atoms with Crippen LogP contribution in [0.25, 0.3) is 39.1 Å². The highest BCUT2D eigenvalue weighted by Crippen LogP contribution is 2.38. The molecule has 1 fully saturated rings. The third-order valence-corrected chi connectivity index (χ3v) is 12.4. The number of aliphatic carboxylic acids is 2. The molecule has 67 heavy (non-hydrogen) atoms. The zero-order valence-electron chi connectivity index (χ0n) is 37.5. The van der Waals surface area contributed by atoms with Crippen molar-refractivity contribution >= 4 is 45.6 Å². The third-order valence-electron chi connectivity index (χ3n) is 12.4. The van der Waals surface area contributed by atoms with E-state index >= 15 is 0 Å². The Labute approximate surface area is 389 Å². The van der Waals surface area contributed by atoms with E-state index in [0.29, 0.717) is 53.8 Å². The number of anilines is 1. The minimum Gasteiger partial charge on any atom is -0.488 e. The molecule has 0 bridgehead atoms. The summed E-state index contributed by atoms with van der Waals surface area (Å²) in [7, 11) is 0. The summed E-state index contributed by atoms with van der Waals surface area (Å²) in [4.78, 5) is 23.0. The summed E-state index contributed by atoms with van der Waals surface area (Å²) in [5.74, 6) is 0.0202. The topological polar surface area (TPSA) is 169 Å². The second-order valence-corrected chi connectivity index (χ2v) is 17.6. The number of nitrogens with two attached hydrogens (primary N) is 1. The molecule has 342 valence electrons. The summed E-state index contributed by atoms with van der Waals surface area (Å²) in [6.07, 6.45) is 17.8. The van der Waals surface area contributed by atoms with E-state index < -0.39 is 11.9 Å². The Morgan fingerprint density at radius 1 is 0.791 bits per heavy atom. The van der Waals surface area contributed by atoms with Crippen LogP contribution in [0.5, 0.6) is 11.5 Å². The number of hydrogen-bond donors (Lipinski definition) is 5. The van der Waals surface area contributed by atoms with Gasteiger partial charge in [-0.2, -0.15) is 0 Å². The van der Waals surface area contributed by atoms with Crippen LogP contribution in [0.3, 0.4) is 0 Å². The smallest absolute Gasteiger partial charge is 0.307 e. The maximum Gasteiger partial charge on any atom is 0.307 e. The summed E-state index contributed by atoms with van der Waals surface area (Å²) >= 11 is 0. The van der Waals surface area contributed by atoms with Crippen LogP contribution in [0, 0.1) is 5.92 Å². The van der Waals surface area contributed by atoms with Crippen LogP contribution >= 0.6 is 0 Å². The predicted molar refractivity (Wildman–Crippen MR) is 262 cm³/mol. The third kappa shape index (κ3) is 11.0. The first-order chi connectivity index (χ1) is 32.7. The van der Waals surface area contributed by atoms with E-state index in [-0.39, 0.29) is 38.0 Å². The second-order valence-electron chi connectivity index (χ2n) is 17.6. The number of carboxylic acids is 2. The standard InChI is InChI=1S/C56H55N3O8/c1-35(59-50-25-45(39-12-6-8-37(20-39)28-57)24-49-47(34-67-56(49)50)32-65-52-15-5-3-11-42(52)27-54(62)63)29-58-30-38-9-7-13-40(21-38)44-22-43(19-18-36-16-17-36)55-48(23-44)46(33-66-55)31-64-51-14-4-2-10-41(51)26-53(60)61/h2-12,14-15,18-25,33-36,40,58-59H,13,16-17,26-32,57H2,1H3,(H,60,61)(H,62,63)/b19-18+. The lowest BCUT2D eigenvalue weighted by molar-refractivity contribution is -0.137. The lowest BCUT2D eigenvalue weighted by atomic mass is 9.87. The van der Waals surface area contributed by atoms with Crippen LogP contribution in [0.4, 0.5) is 5.69 Å². The Balaban J connectivity index is 0.906. The van der Waals surface area contributed by atoms with Crippen LogP contribution in [0.2, 0.25) is 0 Å². The van der Waals surface area contributed by atoms with E-state index in [9.17, 15) is 19.8 Å². The Morgan fingerprint density at radius 2 is 1.46 bits per heavy atom. The van der Waals surface area contributed by atoms with Crippen molar-refractivity contribution in [3.63, 3.8) is 0 Å². The van der Waals surface area contributed by atoms with Gasteiger partial charge in [-0.3, -0.25) is 9.59 Å². The predicted octanol–water partition coefficient (Wildman–Crippen LogP) is 11.2. The van der Waals surface area contributed by atoms with Gasteiger partial charge >= 0.3 is 11.9 Å². The van der Waals surface area contributed by atoms with Crippen molar-refractivity contribution in [2.24, 2.45) is 11.7 Å². The normalized spacial score (nSPS) is 15.3. The van der Waals surface area contributed by atoms with E-state index in [2.05, 4.69) is 84.3 Å². The molecule has 2 atom stereocenters. The number of carbonyl (C=O) groups is 2. The molecule has 0 spiro atoms. The molecule has 0 radical (unpaired) electrons. The van der Waals surface area contributed by atoms with E-state index in [1.54, 1.807) is 30.7 Å². The van der Waals surface area contributed by atoms with Gasteiger partial charge in [0.15, 0.2) is 5.58 Å². The van der Waals surface area contributed by atoms with Crippen LogP contribution < -0.4 is 25.8 Å². The summed E-state index contributed by atoms with van der Waals surface area (Å²) in [5, 5.41) is 28.2. The molecule has 11 heteroatoms. The fourth-order valence-electron chi connectivity index (χ4n) is 8.73. The van der Waals surface area contributed by atoms with E-state index in [1.165, 1.54) is 24.0 Å². The van der Waals surface area contributed by atoms with E-state index in [0.717, 1.165) is 61.8 Å². The van der Waals surface area contributed by atoms with Gasteiger partial charge in [0.25, 0.3) is 0 Å². The fraction of sp³-hybridized carbons (Fsp3) is 0.250. The van der Waals surface area contributed by atoms with Crippen molar-refractivity contribution in [2.75, 3.05) is 18.4 Å². The maximum absolute atomic E-state index is 11.5. The number of hydrogen-bond acceptors (Lipinski definition) is 9. The second kappa shape index (κ2) is 20.4. The maximum atomic E-state index is 11.5. The number of carboxylic acid groups (broad SMARTS) is 2. The molecule has 2 unspecified atom stereocenters. The van der Waals surface area contributed by atoms with Gasteiger partial charge in [0.1, 0.15) is 30.3 Å². The van der Waals surface area contributed by atoms with Crippen molar-refractivity contribution in [1.82, 2.24) is 5.32 Å². The highest BCUT2D eigenvalue weighted by molar-refractivity contribution is 5.96. The summed E-state index contributed by atoms with van der Waals surface area (Å²) in [6.45, 7) is 4.38. The van der Waals surface area contributed by atoms with Gasteiger partial charge in [-0.1, -0.05) is 85.0 Å². The molecule has 2 aliphatic rings. The molecular formula is C56H55N3O8. The first kappa shape index (κ1) is 44.8. The van der Waals surface area contributed by atoms with Gasteiger partial charge in [0.05, 0.1) is 31.1 Å². The number of nitrogens with one attached hydrogen (secondary N) is 2. The zero-order chi connectivity index (χ0) is 46.3. The molecule has 2 aliphatic carbocycles. The number of allylic oxidation sites excluding steroid dienone is 3. The lowest BCUT2D eigenvalue weighted by Crippen LogP contribution is -2.31. The first-order valence-corrected chi connectivity index (χ1v) is 22.9. The minimum absolute atomic E-state index is 0.0199. The highest BCUT2D eigenvalue weighted by atomic mass is 16.5. The van der Waals surface area contributed by atoms with Crippen LogP contribution in [0.15, 0.2) is 148 Å². The molecule has 1 saturated carbocycles. The number of ether oxygens (including phenoxy) is 2. The summed E-state index contributed by atoms with van der Waals surface area (Å²) < 4.78 is 24.9. The molecule has 0 saturated heterocycles. The van der Waals surface area contributed by atoms with Crippen molar-refractivity contribution in [1.29, 1.82) is 0 Å². The van der Waals surface area contributed by atoms with Gasteiger partial charge < -0.3 is 44.9 Å². The first-order valence-electron chi connectivity index (χ1n) is 22.9. The highest BCUT2D eigenvalue weighted by Gasteiger charge is 2.22. The molecule has 0 aliphatic heterocycles. The molecule has 5 aromatic carbocycles. The Kier molecular flexibility index (Phi) is 13.7.